The molecule has 3 rings (SSSR count). The number of anilines is 1. The first-order chi connectivity index (χ1) is 7.68. The number of carbonyl (C=O) groups excluding carboxylic acids is 1. The number of amides is 1. The van der Waals surface area contributed by atoms with Crippen LogP contribution in [0.5, 0.6) is 0 Å². The molecule has 0 radical (unpaired) electrons. The molecule has 1 amide bonds. The minimum Gasteiger partial charge on any atom is -0.320 e. The molecule has 4 nitrogen and oxygen atoms in total. The summed E-state index contributed by atoms with van der Waals surface area (Å²) in [5, 5.41) is 10.6. The fourth-order valence-electron chi connectivity index (χ4n) is 2.35. The molecule has 1 fully saturated rings. The second kappa shape index (κ2) is 3.30. The van der Waals surface area contributed by atoms with Crippen molar-refractivity contribution in [1.29, 1.82) is 0 Å². The molecule has 1 aromatic rings. The molecular formula is C12H14N2O2. The molecule has 84 valence electrons. The summed E-state index contributed by atoms with van der Waals surface area (Å²) in [6.45, 7) is 0. The highest BCUT2D eigenvalue weighted by Gasteiger charge is 2.35. The normalized spacial score (nSPS) is 24.5. The van der Waals surface area contributed by atoms with Gasteiger partial charge in [0.15, 0.2) is 0 Å². The summed E-state index contributed by atoms with van der Waals surface area (Å²) in [5.41, 5.74) is 8.41. The van der Waals surface area contributed by atoms with E-state index in [1.807, 2.05) is 18.2 Å². The molecule has 3 N–H and O–H groups in total. The number of hydrogen-bond acceptors (Lipinski definition) is 3. The van der Waals surface area contributed by atoms with Crippen LogP contribution in [0.2, 0.25) is 0 Å². The van der Waals surface area contributed by atoms with Gasteiger partial charge in [0, 0.05) is 0 Å². The number of benzene rings is 1. The Morgan fingerprint density at radius 3 is 2.81 bits per heavy atom. The van der Waals surface area contributed by atoms with Gasteiger partial charge in [-0.15, -0.1) is 0 Å². The zero-order chi connectivity index (χ0) is 11.3. The van der Waals surface area contributed by atoms with Crippen LogP contribution in [0.3, 0.4) is 0 Å². The maximum atomic E-state index is 11.6. The van der Waals surface area contributed by atoms with Crippen LogP contribution in [0.15, 0.2) is 18.2 Å². The number of hydroxylamine groups is 1. The summed E-state index contributed by atoms with van der Waals surface area (Å²) >= 11 is 0. The smallest absolute Gasteiger partial charge is 0.267 e. The first kappa shape index (κ1) is 9.81. The first-order valence-electron chi connectivity index (χ1n) is 5.58. The summed E-state index contributed by atoms with van der Waals surface area (Å²) in [7, 11) is 0. The lowest BCUT2D eigenvalue weighted by Gasteiger charge is -2.29. The molecule has 1 aliphatic carbocycles. The summed E-state index contributed by atoms with van der Waals surface area (Å²) in [4.78, 5) is 11.6. The van der Waals surface area contributed by atoms with E-state index in [0.717, 1.165) is 29.0 Å². The number of carbonyl (C=O) groups is 1. The molecule has 0 saturated heterocycles. The van der Waals surface area contributed by atoms with Gasteiger partial charge in [-0.25, -0.2) is 0 Å². The largest absolute Gasteiger partial charge is 0.320 e. The van der Waals surface area contributed by atoms with Crippen molar-refractivity contribution < 1.29 is 10.0 Å². The first-order valence-corrected chi connectivity index (χ1v) is 5.58. The summed E-state index contributed by atoms with van der Waals surface area (Å²) in [6, 6.07) is 5.27. The van der Waals surface area contributed by atoms with Crippen LogP contribution in [-0.2, 0) is 11.2 Å². The zero-order valence-electron chi connectivity index (χ0n) is 8.89. The number of rotatable bonds is 1. The van der Waals surface area contributed by atoms with Gasteiger partial charge in [0.05, 0.1) is 11.7 Å². The van der Waals surface area contributed by atoms with Gasteiger partial charge in [0.2, 0.25) is 0 Å². The van der Waals surface area contributed by atoms with Gasteiger partial charge < -0.3 is 5.73 Å². The van der Waals surface area contributed by atoms with E-state index in [0.29, 0.717) is 18.0 Å². The highest BCUT2D eigenvalue weighted by Crippen LogP contribution is 2.46. The van der Waals surface area contributed by atoms with Crippen LogP contribution in [-0.4, -0.2) is 17.2 Å². The Bertz CT molecular complexity index is 454. The fourth-order valence-corrected chi connectivity index (χ4v) is 2.35. The van der Waals surface area contributed by atoms with Crippen molar-refractivity contribution in [2.45, 2.75) is 31.2 Å². The van der Waals surface area contributed by atoms with Gasteiger partial charge >= 0.3 is 0 Å². The van der Waals surface area contributed by atoms with Crippen LogP contribution < -0.4 is 10.8 Å². The van der Waals surface area contributed by atoms with E-state index in [2.05, 4.69) is 0 Å². The monoisotopic (exact) mass is 218 g/mol. The van der Waals surface area contributed by atoms with E-state index in [4.69, 9.17) is 5.73 Å². The maximum Gasteiger partial charge on any atom is 0.267 e. The van der Waals surface area contributed by atoms with Crippen LogP contribution >= 0.6 is 0 Å². The molecule has 1 unspecified atom stereocenters. The highest BCUT2D eigenvalue weighted by atomic mass is 16.5. The average Bonchev–Trinajstić information content (AvgIpc) is 3.09. The van der Waals surface area contributed by atoms with E-state index in [1.54, 1.807) is 0 Å². The zero-order valence-corrected chi connectivity index (χ0v) is 8.89. The predicted molar refractivity (Wildman–Crippen MR) is 59.4 cm³/mol. The van der Waals surface area contributed by atoms with Crippen molar-refractivity contribution in [2.75, 3.05) is 5.06 Å². The number of hydrogen-bond donors (Lipinski definition) is 2. The van der Waals surface area contributed by atoms with Crippen LogP contribution in [0.25, 0.3) is 0 Å². The van der Waals surface area contributed by atoms with Crippen molar-refractivity contribution in [3.8, 4) is 0 Å². The Morgan fingerprint density at radius 1 is 1.38 bits per heavy atom. The number of para-hydroxylation sites is 1. The second-order valence-electron chi connectivity index (χ2n) is 4.59. The molecule has 0 spiro atoms. The third kappa shape index (κ3) is 1.34. The third-order valence-corrected chi connectivity index (χ3v) is 3.35. The molecule has 16 heavy (non-hydrogen) atoms. The quantitative estimate of drug-likeness (QED) is 0.695. The van der Waals surface area contributed by atoms with Gasteiger partial charge in [-0.2, -0.15) is 5.06 Å². The molecule has 1 aromatic carbocycles. The van der Waals surface area contributed by atoms with E-state index in [9.17, 15) is 10.0 Å². The van der Waals surface area contributed by atoms with Crippen molar-refractivity contribution >= 4 is 11.6 Å². The van der Waals surface area contributed by atoms with Gasteiger partial charge in [0.1, 0.15) is 0 Å². The number of nitrogens with two attached hydrogens (primary N) is 1. The number of nitrogens with zero attached hydrogens (tertiary/aromatic N) is 1. The second-order valence-corrected chi connectivity index (χ2v) is 4.59. The Hall–Kier alpha value is -1.39. The number of fused-ring (bicyclic) bond motifs is 1. The van der Waals surface area contributed by atoms with Crippen molar-refractivity contribution in [1.82, 2.24) is 0 Å². The lowest BCUT2D eigenvalue weighted by molar-refractivity contribution is -0.125. The minimum absolute atomic E-state index is 0.402. The lowest BCUT2D eigenvalue weighted by Crippen LogP contribution is -2.47. The SMILES string of the molecule is NC1Cc2cccc(C3CC3)c2N(O)C1=O. The molecule has 1 saturated carbocycles. The Kier molecular flexibility index (Phi) is 2.02. The summed E-state index contributed by atoms with van der Waals surface area (Å²) < 4.78 is 0. The Morgan fingerprint density at radius 2 is 2.12 bits per heavy atom. The molecule has 2 aliphatic rings. The molecular weight excluding hydrogens is 204 g/mol. The minimum atomic E-state index is -0.619. The molecule has 1 aliphatic heterocycles. The van der Waals surface area contributed by atoms with E-state index >= 15 is 0 Å². The third-order valence-electron chi connectivity index (χ3n) is 3.35. The molecule has 1 atom stereocenters. The van der Waals surface area contributed by atoms with Gasteiger partial charge in [-0.1, -0.05) is 18.2 Å². The standard InChI is InChI=1S/C12H14N2O2/c13-10-6-8-2-1-3-9(7-4-5-7)11(8)14(16)12(10)15/h1-3,7,10,16H,4-6,13H2. The van der Waals surface area contributed by atoms with Crippen molar-refractivity contribution in [3.05, 3.63) is 29.3 Å². The predicted octanol–water partition coefficient (Wildman–Crippen LogP) is 1.17. The molecule has 0 aromatic heterocycles. The van der Waals surface area contributed by atoms with Gasteiger partial charge in [0.25, 0.3) is 5.91 Å². The van der Waals surface area contributed by atoms with Crippen LogP contribution in [0, 0.1) is 0 Å². The average molecular weight is 218 g/mol. The Labute approximate surface area is 93.6 Å². The van der Waals surface area contributed by atoms with E-state index in [1.165, 1.54) is 0 Å². The van der Waals surface area contributed by atoms with Gasteiger partial charge in [-0.3, -0.25) is 10.0 Å². The lowest BCUT2D eigenvalue weighted by atomic mass is 9.94. The van der Waals surface area contributed by atoms with Crippen LogP contribution in [0.4, 0.5) is 5.69 Å². The Balaban J connectivity index is 2.13. The van der Waals surface area contributed by atoms with Crippen molar-refractivity contribution in [2.24, 2.45) is 5.73 Å². The topological polar surface area (TPSA) is 66.6 Å². The van der Waals surface area contributed by atoms with Crippen molar-refractivity contribution in [3.63, 3.8) is 0 Å². The van der Waals surface area contributed by atoms with Crippen LogP contribution in [0.1, 0.15) is 29.9 Å². The summed E-state index contributed by atoms with van der Waals surface area (Å²) in [5.74, 6) is 0.104. The molecule has 4 heteroatoms. The maximum absolute atomic E-state index is 11.6. The molecule has 1 heterocycles. The summed E-state index contributed by atoms with van der Waals surface area (Å²) in [6.07, 6.45) is 2.81. The fraction of sp³-hybridized carbons (Fsp3) is 0.417. The highest BCUT2D eigenvalue weighted by molar-refractivity contribution is 5.99. The van der Waals surface area contributed by atoms with E-state index < -0.39 is 11.9 Å². The van der Waals surface area contributed by atoms with Gasteiger partial charge in [-0.05, 0) is 36.3 Å². The van der Waals surface area contributed by atoms with E-state index in [-0.39, 0.29) is 0 Å². The molecule has 0 bridgehead atoms.